The van der Waals surface area contributed by atoms with E-state index in [-0.39, 0.29) is 5.78 Å². The Kier molecular flexibility index (Phi) is 2.02. The van der Waals surface area contributed by atoms with Crippen LogP contribution in [0.4, 0.5) is 0 Å². The molecule has 0 saturated heterocycles. The van der Waals surface area contributed by atoms with Gasteiger partial charge in [0.1, 0.15) is 0 Å². The summed E-state index contributed by atoms with van der Waals surface area (Å²) in [6.07, 6.45) is 3.26. The van der Waals surface area contributed by atoms with Crippen molar-refractivity contribution in [3.63, 3.8) is 0 Å². The first-order valence-corrected chi connectivity index (χ1v) is 4.78. The molecule has 0 aliphatic carbocycles. The van der Waals surface area contributed by atoms with E-state index in [4.69, 9.17) is 4.42 Å². The van der Waals surface area contributed by atoms with Gasteiger partial charge in [0.25, 0.3) is 0 Å². The molecule has 66 valence electrons. The van der Waals surface area contributed by atoms with Crippen LogP contribution in [0.3, 0.4) is 0 Å². The van der Waals surface area contributed by atoms with Gasteiger partial charge in [-0.25, -0.2) is 0 Å². The highest BCUT2D eigenvalue weighted by atomic mass is 32.1. The Morgan fingerprint density at radius 1 is 1.46 bits per heavy atom. The number of Topliss-reactive ketones (excluding diaryl/α,β-unsaturated/α-hetero) is 1. The van der Waals surface area contributed by atoms with Gasteiger partial charge in [-0.3, -0.25) is 4.79 Å². The molecule has 3 heteroatoms. The van der Waals surface area contributed by atoms with Crippen molar-refractivity contribution in [2.75, 3.05) is 0 Å². The van der Waals surface area contributed by atoms with Crippen molar-refractivity contribution in [3.05, 3.63) is 34.9 Å². The second kappa shape index (κ2) is 3.18. The first-order valence-electron chi connectivity index (χ1n) is 3.90. The van der Waals surface area contributed by atoms with Crippen LogP contribution in [0.1, 0.15) is 16.6 Å². The Balaban J connectivity index is 2.52. The predicted molar refractivity (Wildman–Crippen MR) is 52.0 cm³/mol. The third-order valence-corrected chi connectivity index (χ3v) is 2.83. The molecule has 0 saturated carbocycles. The van der Waals surface area contributed by atoms with Crippen molar-refractivity contribution >= 4 is 17.1 Å². The van der Waals surface area contributed by atoms with Crippen LogP contribution in [0.5, 0.6) is 0 Å². The summed E-state index contributed by atoms with van der Waals surface area (Å²) in [4.78, 5) is 12.0. The normalized spacial score (nSPS) is 10.2. The number of carbonyl (C=O) groups excluding carboxylic acids is 1. The Bertz CT molecular complexity index is 412. The van der Waals surface area contributed by atoms with Crippen LogP contribution in [-0.2, 0) is 0 Å². The van der Waals surface area contributed by atoms with Crippen LogP contribution >= 0.6 is 11.3 Å². The van der Waals surface area contributed by atoms with E-state index >= 15 is 0 Å². The number of carbonyl (C=O) groups is 1. The molecule has 13 heavy (non-hydrogen) atoms. The lowest BCUT2D eigenvalue weighted by molar-refractivity contribution is 0.102. The van der Waals surface area contributed by atoms with Crippen molar-refractivity contribution in [1.82, 2.24) is 0 Å². The van der Waals surface area contributed by atoms with Gasteiger partial charge in [0.2, 0.25) is 0 Å². The quantitative estimate of drug-likeness (QED) is 0.684. The van der Waals surface area contributed by atoms with Gasteiger partial charge in [0, 0.05) is 11.1 Å². The first-order chi connectivity index (χ1) is 6.29. The van der Waals surface area contributed by atoms with Gasteiger partial charge in [-0.2, -0.15) is 0 Å². The number of rotatable bonds is 2. The standard InChI is InChI=1S/C10H8O2S/c1-7(11)10-9(3-5-13-10)8-2-4-12-6-8/h2-6H,1H3. The summed E-state index contributed by atoms with van der Waals surface area (Å²) >= 11 is 1.46. The van der Waals surface area contributed by atoms with Crippen LogP contribution < -0.4 is 0 Å². The van der Waals surface area contributed by atoms with E-state index < -0.39 is 0 Å². The van der Waals surface area contributed by atoms with Gasteiger partial charge in [0.15, 0.2) is 5.78 Å². The molecule has 0 amide bonds. The molecule has 0 aliphatic heterocycles. The highest BCUT2D eigenvalue weighted by Gasteiger charge is 2.10. The summed E-state index contributed by atoms with van der Waals surface area (Å²) in [7, 11) is 0. The Morgan fingerprint density at radius 3 is 2.92 bits per heavy atom. The molecular formula is C10H8O2S. The van der Waals surface area contributed by atoms with Gasteiger partial charge >= 0.3 is 0 Å². The van der Waals surface area contributed by atoms with Crippen LogP contribution in [0.2, 0.25) is 0 Å². The van der Waals surface area contributed by atoms with Crippen molar-refractivity contribution < 1.29 is 9.21 Å². The topological polar surface area (TPSA) is 30.2 Å². The van der Waals surface area contributed by atoms with Gasteiger partial charge in [-0.15, -0.1) is 11.3 Å². The zero-order valence-electron chi connectivity index (χ0n) is 7.11. The minimum absolute atomic E-state index is 0.103. The maximum atomic E-state index is 11.2. The van der Waals surface area contributed by atoms with E-state index in [9.17, 15) is 4.79 Å². The zero-order chi connectivity index (χ0) is 9.26. The average Bonchev–Trinajstić information content (AvgIpc) is 2.74. The fourth-order valence-electron chi connectivity index (χ4n) is 1.23. The second-order valence-corrected chi connectivity index (χ2v) is 3.65. The number of hydrogen-bond acceptors (Lipinski definition) is 3. The molecule has 2 aromatic rings. The van der Waals surface area contributed by atoms with Gasteiger partial charge in [-0.05, 0) is 24.4 Å². The van der Waals surface area contributed by atoms with Crippen molar-refractivity contribution in [2.24, 2.45) is 0 Å². The summed E-state index contributed by atoms with van der Waals surface area (Å²) < 4.78 is 4.97. The number of hydrogen-bond donors (Lipinski definition) is 0. The van der Waals surface area contributed by atoms with Crippen LogP contribution in [0.15, 0.2) is 34.5 Å². The van der Waals surface area contributed by atoms with Gasteiger partial charge in [-0.1, -0.05) is 0 Å². The number of furan rings is 1. The zero-order valence-corrected chi connectivity index (χ0v) is 7.93. The highest BCUT2D eigenvalue weighted by molar-refractivity contribution is 7.12. The van der Waals surface area contributed by atoms with E-state index in [1.807, 2.05) is 17.5 Å². The fourth-order valence-corrected chi connectivity index (χ4v) is 2.05. The van der Waals surface area contributed by atoms with Crippen molar-refractivity contribution in [3.8, 4) is 11.1 Å². The minimum Gasteiger partial charge on any atom is -0.472 e. The molecule has 2 rings (SSSR count). The summed E-state index contributed by atoms with van der Waals surface area (Å²) in [6, 6.07) is 3.79. The molecule has 0 fully saturated rings. The predicted octanol–water partition coefficient (Wildman–Crippen LogP) is 3.21. The third-order valence-electron chi connectivity index (χ3n) is 1.82. The lowest BCUT2D eigenvalue weighted by Gasteiger charge is -1.94. The Hall–Kier alpha value is -1.35. The Morgan fingerprint density at radius 2 is 2.31 bits per heavy atom. The van der Waals surface area contributed by atoms with E-state index in [1.165, 1.54) is 11.3 Å². The van der Waals surface area contributed by atoms with E-state index in [0.717, 1.165) is 16.0 Å². The molecule has 0 spiro atoms. The highest BCUT2D eigenvalue weighted by Crippen LogP contribution is 2.28. The maximum Gasteiger partial charge on any atom is 0.170 e. The lowest BCUT2D eigenvalue weighted by Crippen LogP contribution is -1.88. The SMILES string of the molecule is CC(=O)c1sccc1-c1ccoc1. The molecule has 0 atom stereocenters. The monoisotopic (exact) mass is 192 g/mol. The molecule has 0 aliphatic rings. The smallest absolute Gasteiger partial charge is 0.170 e. The van der Waals surface area contributed by atoms with Crippen molar-refractivity contribution in [2.45, 2.75) is 6.92 Å². The molecule has 0 bridgehead atoms. The molecule has 0 unspecified atom stereocenters. The number of thiophene rings is 1. The van der Waals surface area contributed by atoms with Crippen LogP contribution in [0, 0.1) is 0 Å². The molecule has 0 radical (unpaired) electrons. The molecular weight excluding hydrogens is 184 g/mol. The third kappa shape index (κ3) is 1.42. The van der Waals surface area contributed by atoms with Crippen LogP contribution in [0.25, 0.3) is 11.1 Å². The largest absolute Gasteiger partial charge is 0.472 e. The van der Waals surface area contributed by atoms with Gasteiger partial charge < -0.3 is 4.42 Å². The Labute approximate surface area is 79.8 Å². The van der Waals surface area contributed by atoms with E-state index in [2.05, 4.69) is 0 Å². The molecule has 0 N–H and O–H groups in total. The van der Waals surface area contributed by atoms with Gasteiger partial charge in [0.05, 0.1) is 17.4 Å². The minimum atomic E-state index is 0.103. The summed E-state index contributed by atoms with van der Waals surface area (Å²) in [5.74, 6) is 0.103. The molecule has 2 heterocycles. The molecule has 2 nitrogen and oxygen atoms in total. The lowest BCUT2D eigenvalue weighted by atomic mass is 10.1. The summed E-state index contributed by atoms with van der Waals surface area (Å²) in [5.41, 5.74) is 1.93. The average molecular weight is 192 g/mol. The maximum absolute atomic E-state index is 11.2. The first kappa shape index (κ1) is 8.26. The molecule has 0 aromatic carbocycles. The second-order valence-electron chi connectivity index (χ2n) is 2.73. The van der Waals surface area contributed by atoms with Crippen molar-refractivity contribution in [1.29, 1.82) is 0 Å². The number of ketones is 1. The van der Waals surface area contributed by atoms with E-state index in [0.29, 0.717) is 0 Å². The summed E-state index contributed by atoms with van der Waals surface area (Å²) in [6.45, 7) is 1.58. The summed E-state index contributed by atoms with van der Waals surface area (Å²) in [5, 5.41) is 1.92. The fraction of sp³-hybridized carbons (Fsp3) is 0.100. The molecule has 2 aromatic heterocycles. The van der Waals surface area contributed by atoms with E-state index in [1.54, 1.807) is 19.5 Å². The van der Waals surface area contributed by atoms with Crippen LogP contribution in [-0.4, -0.2) is 5.78 Å².